The first-order valence-corrected chi connectivity index (χ1v) is 9.27. The zero-order valence-corrected chi connectivity index (χ0v) is 16.5. The predicted octanol–water partition coefficient (Wildman–Crippen LogP) is 4.99. The molecule has 2 aromatic carbocycles. The number of hydrogen-bond donors (Lipinski definition) is 1. The van der Waals surface area contributed by atoms with Crippen LogP contribution in [0.15, 0.2) is 48.5 Å². The molecule has 140 valence electrons. The number of nitrogens with one attached hydrogen (secondary N) is 1. The van der Waals surface area contributed by atoms with Gasteiger partial charge < -0.3 is 10.1 Å². The molecule has 0 fully saturated rings. The van der Waals surface area contributed by atoms with Crippen molar-refractivity contribution in [2.75, 3.05) is 13.7 Å². The third-order valence-corrected chi connectivity index (χ3v) is 4.73. The number of methoxy groups -OCH3 is 1. The van der Waals surface area contributed by atoms with Gasteiger partial charge in [-0.15, -0.1) is 0 Å². The van der Waals surface area contributed by atoms with Crippen LogP contribution in [0.5, 0.6) is 5.75 Å². The second-order valence-electron chi connectivity index (χ2n) is 5.91. The largest absolute Gasteiger partial charge is 0.497 e. The second kappa shape index (κ2) is 8.46. The predicted molar refractivity (Wildman–Crippen MR) is 108 cm³/mol. The molecule has 0 saturated carbocycles. The highest BCUT2D eigenvalue weighted by Crippen LogP contribution is 2.28. The lowest BCUT2D eigenvalue weighted by atomic mass is 10.1. The van der Waals surface area contributed by atoms with Gasteiger partial charge in [0.05, 0.1) is 28.5 Å². The van der Waals surface area contributed by atoms with E-state index < -0.39 is 0 Å². The van der Waals surface area contributed by atoms with Crippen LogP contribution in [0.1, 0.15) is 23.8 Å². The zero-order valence-electron chi connectivity index (χ0n) is 15.0. The first-order valence-electron chi connectivity index (χ1n) is 8.51. The van der Waals surface area contributed by atoms with Crippen LogP contribution in [0.2, 0.25) is 10.0 Å². The van der Waals surface area contributed by atoms with E-state index in [1.807, 2.05) is 31.2 Å². The number of halogens is 2. The molecule has 1 N–H and O–H groups in total. The highest BCUT2D eigenvalue weighted by molar-refractivity contribution is 6.42. The number of ether oxygens (including phenoxy) is 1. The van der Waals surface area contributed by atoms with Crippen LogP contribution in [-0.4, -0.2) is 29.3 Å². The molecule has 0 aliphatic rings. The molecule has 5 nitrogen and oxygen atoms in total. The molecule has 0 spiro atoms. The quantitative estimate of drug-likeness (QED) is 0.630. The molecule has 0 radical (unpaired) electrons. The highest BCUT2D eigenvalue weighted by atomic mass is 35.5. The monoisotopic (exact) mass is 403 g/mol. The van der Waals surface area contributed by atoms with Crippen LogP contribution >= 0.6 is 23.2 Å². The van der Waals surface area contributed by atoms with Crippen molar-refractivity contribution in [1.29, 1.82) is 0 Å². The van der Waals surface area contributed by atoms with Crippen LogP contribution < -0.4 is 10.1 Å². The molecule has 3 rings (SSSR count). The molecule has 27 heavy (non-hydrogen) atoms. The molecule has 0 aliphatic carbocycles. The van der Waals surface area contributed by atoms with Crippen molar-refractivity contribution in [2.45, 2.75) is 13.3 Å². The maximum absolute atomic E-state index is 12.7. The SMILES string of the molecule is CCCNC(=O)c1cc(-c2cccc(OC)c2)nn1-c1ccc(Cl)c(Cl)c1. The van der Waals surface area contributed by atoms with Gasteiger partial charge in [0.15, 0.2) is 0 Å². The van der Waals surface area contributed by atoms with E-state index in [1.165, 1.54) is 0 Å². The molecule has 0 saturated heterocycles. The van der Waals surface area contributed by atoms with Crippen molar-refractivity contribution in [2.24, 2.45) is 0 Å². The van der Waals surface area contributed by atoms with E-state index >= 15 is 0 Å². The normalized spacial score (nSPS) is 10.7. The fraction of sp³-hybridized carbons (Fsp3) is 0.200. The van der Waals surface area contributed by atoms with Crippen LogP contribution in [0.3, 0.4) is 0 Å². The summed E-state index contributed by atoms with van der Waals surface area (Å²) < 4.78 is 6.85. The number of hydrogen-bond acceptors (Lipinski definition) is 3. The number of benzene rings is 2. The topological polar surface area (TPSA) is 56.1 Å². The summed E-state index contributed by atoms with van der Waals surface area (Å²) in [5.41, 5.74) is 2.57. The minimum atomic E-state index is -0.204. The first-order chi connectivity index (χ1) is 13.0. The maximum atomic E-state index is 12.7. The van der Waals surface area contributed by atoms with E-state index in [0.717, 1.165) is 12.0 Å². The summed E-state index contributed by atoms with van der Waals surface area (Å²) in [5, 5.41) is 8.35. The summed E-state index contributed by atoms with van der Waals surface area (Å²) in [6.45, 7) is 2.58. The fourth-order valence-electron chi connectivity index (χ4n) is 2.61. The third kappa shape index (κ3) is 4.26. The van der Waals surface area contributed by atoms with E-state index in [1.54, 1.807) is 36.1 Å². The van der Waals surface area contributed by atoms with Crippen molar-refractivity contribution in [3.8, 4) is 22.7 Å². The van der Waals surface area contributed by atoms with Crippen molar-refractivity contribution < 1.29 is 9.53 Å². The molecule has 3 aromatic rings. The molecule has 7 heteroatoms. The fourth-order valence-corrected chi connectivity index (χ4v) is 2.90. The van der Waals surface area contributed by atoms with Gasteiger partial charge in [0, 0.05) is 12.1 Å². The average Bonchev–Trinajstić information content (AvgIpc) is 3.14. The molecule has 1 amide bonds. The summed E-state index contributed by atoms with van der Waals surface area (Å²) >= 11 is 12.2. The highest BCUT2D eigenvalue weighted by Gasteiger charge is 2.18. The summed E-state index contributed by atoms with van der Waals surface area (Å²) in [7, 11) is 1.61. The standard InChI is InChI=1S/C20H19Cl2N3O2/c1-3-9-23-20(26)19-12-18(13-5-4-6-15(10-13)27-2)24-25(19)14-7-8-16(21)17(22)11-14/h4-8,10-12H,3,9H2,1-2H3,(H,23,26). The molecular formula is C20H19Cl2N3O2. The van der Waals surface area contributed by atoms with Gasteiger partial charge in [0.1, 0.15) is 11.4 Å². The lowest BCUT2D eigenvalue weighted by molar-refractivity contribution is 0.0946. The molecular weight excluding hydrogens is 385 g/mol. The van der Waals surface area contributed by atoms with Gasteiger partial charge in [-0.25, -0.2) is 4.68 Å². The van der Waals surface area contributed by atoms with Crippen LogP contribution in [0.4, 0.5) is 0 Å². The van der Waals surface area contributed by atoms with Crippen LogP contribution in [0.25, 0.3) is 16.9 Å². The summed E-state index contributed by atoms with van der Waals surface area (Å²) in [4.78, 5) is 12.7. The third-order valence-electron chi connectivity index (χ3n) is 3.99. The van der Waals surface area contributed by atoms with E-state index in [4.69, 9.17) is 27.9 Å². The maximum Gasteiger partial charge on any atom is 0.270 e. The molecule has 0 atom stereocenters. The van der Waals surface area contributed by atoms with Gasteiger partial charge in [-0.2, -0.15) is 5.10 Å². The van der Waals surface area contributed by atoms with Gasteiger partial charge in [0.2, 0.25) is 0 Å². The Bertz CT molecular complexity index is 970. The molecule has 1 heterocycles. The first kappa shape index (κ1) is 19.3. The zero-order chi connectivity index (χ0) is 19.4. The number of amides is 1. The van der Waals surface area contributed by atoms with E-state index in [-0.39, 0.29) is 5.91 Å². The minimum absolute atomic E-state index is 0.204. The Morgan fingerprint density at radius 1 is 1.15 bits per heavy atom. The summed E-state index contributed by atoms with van der Waals surface area (Å²) in [5.74, 6) is 0.512. The number of nitrogens with zero attached hydrogens (tertiary/aromatic N) is 2. The van der Waals surface area contributed by atoms with Gasteiger partial charge in [-0.05, 0) is 42.8 Å². The molecule has 0 bridgehead atoms. The van der Waals surface area contributed by atoms with Crippen molar-refractivity contribution >= 4 is 29.1 Å². The Balaban J connectivity index is 2.10. The summed E-state index contributed by atoms with van der Waals surface area (Å²) in [6, 6.07) is 14.4. The van der Waals surface area contributed by atoms with Gasteiger partial charge >= 0.3 is 0 Å². The number of carbonyl (C=O) groups is 1. The Hall–Kier alpha value is -2.50. The van der Waals surface area contributed by atoms with E-state index in [0.29, 0.717) is 39.4 Å². The molecule has 0 aliphatic heterocycles. The summed E-state index contributed by atoms with van der Waals surface area (Å²) in [6.07, 6.45) is 0.843. The molecule has 0 unspecified atom stereocenters. The number of rotatable bonds is 6. The Morgan fingerprint density at radius 3 is 2.67 bits per heavy atom. The number of aromatic nitrogens is 2. The van der Waals surface area contributed by atoms with Crippen LogP contribution in [-0.2, 0) is 0 Å². The Labute approximate surface area is 167 Å². The molecule has 1 aromatic heterocycles. The van der Waals surface area contributed by atoms with Gasteiger partial charge in [0.25, 0.3) is 5.91 Å². The van der Waals surface area contributed by atoms with E-state index in [2.05, 4.69) is 10.4 Å². The van der Waals surface area contributed by atoms with Crippen LogP contribution in [0, 0.1) is 0 Å². The average molecular weight is 404 g/mol. The smallest absolute Gasteiger partial charge is 0.270 e. The Morgan fingerprint density at radius 2 is 1.96 bits per heavy atom. The van der Waals surface area contributed by atoms with Crippen molar-refractivity contribution in [3.63, 3.8) is 0 Å². The Kier molecular flexibility index (Phi) is 6.04. The lowest BCUT2D eigenvalue weighted by Gasteiger charge is -2.08. The lowest BCUT2D eigenvalue weighted by Crippen LogP contribution is -2.26. The van der Waals surface area contributed by atoms with Gasteiger partial charge in [-0.3, -0.25) is 4.79 Å². The van der Waals surface area contributed by atoms with Gasteiger partial charge in [-0.1, -0.05) is 42.3 Å². The number of carbonyl (C=O) groups excluding carboxylic acids is 1. The minimum Gasteiger partial charge on any atom is -0.497 e. The van der Waals surface area contributed by atoms with Crippen molar-refractivity contribution in [1.82, 2.24) is 15.1 Å². The van der Waals surface area contributed by atoms with Crippen molar-refractivity contribution in [3.05, 3.63) is 64.3 Å². The van der Waals surface area contributed by atoms with E-state index in [9.17, 15) is 4.79 Å². The second-order valence-corrected chi connectivity index (χ2v) is 6.73.